The molecular formula is C44H46N4O8. The number of benzene rings is 3. The fourth-order valence-corrected chi connectivity index (χ4v) is 7.75. The molecule has 2 amide bonds. The maximum Gasteiger partial charge on any atom is 0.225 e. The van der Waals surface area contributed by atoms with Crippen LogP contribution >= 0.6 is 0 Å². The summed E-state index contributed by atoms with van der Waals surface area (Å²) >= 11 is 0. The second-order valence-corrected chi connectivity index (χ2v) is 14.1. The number of nitrogens with one attached hydrogen (secondary N) is 3. The molecule has 0 saturated heterocycles. The van der Waals surface area contributed by atoms with Crippen molar-refractivity contribution in [1.29, 1.82) is 0 Å². The molecule has 12 nitrogen and oxygen atoms in total. The molecule has 4 aromatic carbocycles. The topological polar surface area (TPSA) is 154 Å². The van der Waals surface area contributed by atoms with Gasteiger partial charge in [0.15, 0.2) is 17.1 Å². The van der Waals surface area contributed by atoms with Crippen LogP contribution in [-0.4, -0.2) is 50.2 Å². The normalized spacial score (nSPS) is 14.6. The van der Waals surface area contributed by atoms with Crippen molar-refractivity contribution in [2.45, 2.75) is 58.5 Å². The first-order valence-corrected chi connectivity index (χ1v) is 18.7. The van der Waals surface area contributed by atoms with Crippen molar-refractivity contribution in [1.82, 2.24) is 20.6 Å². The number of para-hydroxylation sites is 2. The summed E-state index contributed by atoms with van der Waals surface area (Å²) in [5.74, 6) is 2.50. The van der Waals surface area contributed by atoms with E-state index in [4.69, 9.17) is 28.3 Å². The van der Waals surface area contributed by atoms with Gasteiger partial charge in [-0.2, -0.15) is 0 Å². The van der Waals surface area contributed by atoms with Crippen LogP contribution in [0.3, 0.4) is 0 Å². The number of rotatable bonds is 12. The quantitative estimate of drug-likeness (QED) is 0.114. The standard InChI is InChI=1S/C44H46N4O8/c1-8-23(2)39(44-46-33-11-9-10-12-34(33)47-44)48-37(51)22-31-30-20-29-28(21-35(50)41(30)56-40(31)25-13-16-27(52-4)17-14-25)32(45-24(3)49)18-15-26-19-36(53-5)42(54-6)43(55-7)38(26)29/h9-14,16-17,19-21,23,32,39H,8,15,18,22H2,1-7H3,(H,45,49)(H,46,47)(H,48,51)/t23-,32-,39-/m0/s1. The molecule has 0 unspecified atom stereocenters. The van der Waals surface area contributed by atoms with Gasteiger partial charge < -0.3 is 39.0 Å². The molecule has 290 valence electrons. The highest BCUT2D eigenvalue weighted by Crippen LogP contribution is 2.51. The Balaban J connectivity index is 1.46. The Labute approximate surface area is 324 Å². The Morgan fingerprint density at radius 1 is 0.964 bits per heavy atom. The summed E-state index contributed by atoms with van der Waals surface area (Å²) in [4.78, 5) is 49.6. The number of aromatic nitrogens is 2. The molecule has 1 aliphatic carbocycles. The van der Waals surface area contributed by atoms with Gasteiger partial charge in [0.25, 0.3) is 0 Å². The molecule has 0 fully saturated rings. The van der Waals surface area contributed by atoms with E-state index in [0.29, 0.717) is 80.6 Å². The average Bonchev–Trinajstić information content (AvgIpc) is 3.72. The third-order valence-electron chi connectivity index (χ3n) is 10.7. The van der Waals surface area contributed by atoms with Crippen molar-refractivity contribution in [2.24, 2.45) is 5.92 Å². The molecule has 0 radical (unpaired) electrons. The number of nitrogens with zero attached hydrogens (tertiary/aromatic N) is 1. The van der Waals surface area contributed by atoms with Crippen LogP contribution in [0.1, 0.15) is 68.2 Å². The summed E-state index contributed by atoms with van der Waals surface area (Å²) in [6, 6.07) is 19.4. The molecule has 1 aliphatic rings. The minimum Gasteiger partial charge on any atom is -0.497 e. The Morgan fingerprint density at radius 2 is 1.71 bits per heavy atom. The number of H-pyrrole nitrogens is 1. The van der Waals surface area contributed by atoms with Gasteiger partial charge in [0, 0.05) is 29.0 Å². The summed E-state index contributed by atoms with van der Waals surface area (Å²) in [5, 5.41) is 6.77. The molecule has 0 spiro atoms. The van der Waals surface area contributed by atoms with E-state index < -0.39 is 17.5 Å². The number of carbonyl (C=O) groups excluding carboxylic acids is 2. The molecule has 3 atom stereocenters. The van der Waals surface area contributed by atoms with Gasteiger partial charge >= 0.3 is 0 Å². The lowest BCUT2D eigenvalue weighted by molar-refractivity contribution is -0.121. The van der Waals surface area contributed by atoms with Crippen LogP contribution in [0.25, 0.3) is 44.5 Å². The summed E-state index contributed by atoms with van der Waals surface area (Å²) < 4.78 is 29.5. The summed E-state index contributed by atoms with van der Waals surface area (Å²) in [5.41, 5.74) is 5.33. The van der Waals surface area contributed by atoms with Gasteiger partial charge in [-0.1, -0.05) is 32.4 Å². The van der Waals surface area contributed by atoms with E-state index >= 15 is 0 Å². The number of hydrogen-bond acceptors (Lipinski definition) is 9. The van der Waals surface area contributed by atoms with Crippen LogP contribution < -0.4 is 35.0 Å². The third-order valence-corrected chi connectivity index (χ3v) is 10.7. The van der Waals surface area contributed by atoms with Crippen LogP contribution in [-0.2, 0) is 22.4 Å². The number of aryl methyl sites for hydroxylation is 1. The highest BCUT2D eigenvalue weighted by atomic mass is 16.5. The van der Waals surface area contributed by atoms with Crippen LogP contribution in [0.5, 0.6) is 23.0 Å². The van der Waals surface area contributed by atoms with E-state index in [-0.39, 0.29) is 29.7 Å². The molecule has 0 bridgehead atoms. The summed E-state index contributed by atoms with van der Waals surface area (Å²) in [6.45, 7) is 5.60. The number of furan rings is 1. The van der Waals surface area contributed by atoms with Crippen LogP contribution in [0.4, 0.5) is 0 Å². The highest BCUT2D eigenvalue weighted by molar-refractivity contribution is 5.96. The Hall–Kier alpha value is -6.30. The van der Waals surface area contributed by atoms with Crippen LogP contribution in [0, 0.1) is 5.92 Å². The average molecular weight is 759 g/mol. The molecule has 12 heteroatoms. The van der Waals surface area contributed by atoms with Crippen molar-refractivity contribution in [3.8, 4) is 45.4 Å². The number of imidazole rings is 1. The van der Waals surface area contributed by atoms with Crippen molar-refractivity contribution >= 4 is 33.8 Å². The zero-order valence-corrected chi connectivity index (χ0v) is 32.6. The van der Waals surface area contributed by atoms with E-state index in [9.17, 15) is 14.4 Å². The van der Waals surface area contributed by atoms with E-state index in [1.54, 1.807) is 33.5 Å². The molecule has 2 aromatic heterocycles. The first-order chi connectivity index (χ1) is 27.1. The zero-order chi connectivity index (χ0) is 39.7. The number of methoxy groups -OCH3 is 4. The predicted octanol–water partition coefficient (Wildman–Crippen LogP) is 7.61. The number of ether oxygens (including phenoxy) is 4. The first kappa shape index (κ1) is 38.0. The Morgan fingerprint density at radius 3 is 2.38 bits per heavy atom. The zero-order valence-electron chi connectivity index (χ0n) is 32.6. The summed E-state index contributed by atoms with van der Waals surface area (Å²) in [7, 11) is 6.23. The minimum atomic E-state index is -0.520. The van der Waals surface area contributed by atoms with Crippen molar-refractivity contribution in [3.63, 3.8) is 0 Å². The fourth-order valence-electron chi connectivity index (χ4n) is 7.75. The van der Waals surface area contributed by atoms with Gasteiger partial charge in [-0.05, 0) is 90.0 Å². The molecular weight excluding hydrogens is 713 g/mol. The maximum atomic E-state index is 14.4. The fraction of sp³-hybridized carbons (Fsp3) is 0.318. The second kappa shape index (κ2) is 15.8. The Kier molecular flexibility index (Phi) is 10.7. The van der Waals surface area contributed by atoms with Crippen molar-refractivity contribution < 1.29 is 33.0 Å². The van der Waals surface area contributed by atoms with Gasteiger partial charge in [0.05, 0.1) is 58.0 Å². The lowest BCUT2D eigenvalue weighted by Gasteiger charge is -2.22. The van der Waals surface area contributed by atoms with E-state index in [1.807, 2.05) is 48.5 Å². The third kappa shape index (κ3) is 7.02. The molecule has 0 aliphatic heterocycles. The molecule has 0 saturated carbocycles. The molecule has 6 aromatic rings. The monoisotopic (exact) mass is 758 g/mol. The number of hydrogen-bond donors (Lipinski definition) is 3. The highest BCUT2D eigenvalue weighted by Gasteiger charge is 2.32. The lowest BCUT2D eigenvalue weighted by Crippen LogP contribution is -2.34. The van der Waals surface area contributed by atoms with Gasteiger partial charge in [0.1, 0.15) is 17.3 Å². The van der Waals surface area contributed by atoms with Crippen molar-refractivity contribution in [3.05, 3.63) is 99.5 Å². The molecule has 7 rings (SSSR count). The minimum absolute atomic E-state index is 0.0464. The Bertz CT molecular complexity index is 2470. The molecule has 56 heavy (non-hydrogen) atoms. The van der Waals surface area contributed by atoms with E-state index in [1.165, 1.54) is 20.1 Å². The van der Waals surface area contributed by atoms with Crippen molar-refractivity contribution in [2.75, 3.05) is 28.4 Å². The SMILES string of the molecule is CC[C@H](C)[C@H](NC(=O)Cc1c(-c2ccc(OC)cc2)oc2c(=O)cc3c(cc12)-c1c(cc(OC)c(OC)c1OC)CC[C@@H]3NC(C)=O)c1nc2ccccc2[nH]1. The molecule has 3 N–H and O–H groups in total. The smallest absolute Gasteiger partial charge is 0.225 e. The summed E-state index contributed by atoms with van der Waals surface area (Å²) in [6.07, 6.45) is 1.70. The number of aromatic amines is 1. The number of amides is 2. The first-order valence-electron chi connectivity index (χ1n) is 18.7. The largest absolute Gasteiger partial charge is 0.497 e. The number of fused-ring (bicyclic) bond motifs is 5. The number of carbonyl (C=O) groups is 2. The van der Waals surface area contributed by atoms with Crippen LogP contribution in [0.2, 0.25) is 0 Å². The van der Waals surface area contributed by atoms with Gasteiger partial charge in [-0.15, -0.1) is 0 Å². The second-order valence-electron chi connectivity index (χ2n) is 14.1. The van der Waals surface area contributed by atoms with Gasteiger partial charge in [-0.25, -0.2) is 4.98 Å². The van der Waals surface area contributed by atoms with Gasteiger partial charge in [-0.3, -0.25) is 14.4 Å². The molecule has 2 heterocycles. The van der Waals surface area contributed by atoms with Crippen LogP contribution in [0.15, 0.2) is 75.9 Å². The van der Waals surface area contributed by atoms with E-state index in [2.05, 4.69) is 29.5 Å². The predicted molar refractivity (Wildman–Crippen MR) is 215 cm³/mol. The van der Waals surface area contributed by atoms with E-state index in [0.717, 1.165) is 23.0 Å². The lowest BCUT2D eigenvalue weighted by atomic mass is 9.94. The maximum absolute atomic E-state index is 14.4. The van der Waals surface area contributed by atoms with Gasteiger partial charge in [0.2, 0.25) is 23.0 Å².